The number of carbonyl (C=O) groups excluding carboxylic acids is 1. The van der Waals surface area contributed by atoms with Gasteiger partial charge in [0.2, 0.25) is 13.1 Å². The van der Waals surface area contributed by atoms with Crippen LogP contribution in [0.2, 0.25) is 5.02 Å². The Kier molecular flexibility index (Phi) is 4.71. The molecule has 1 fully saturated rings. The number of carbonyl (C=O) groups is 1. The van der Waals surface area contributed by atoms with Gasteiger partial charge < -0.3 is 28.3 Å². The van der Waals surface area contributed by atoms with Gasteiger partial charge in [0.25, 0.3) is 0 Å². The lowest BCUT2D eigenvalue weighted by atomic mass is 10.2. The molecule has 3 heterocycles. The van der Waals surface area contributed by atoms with E-state index in [-0.39, 0.29) is 25.6 Å². The highest BCUT2D eigenvalue weighted by molar-refractivity contribution is 6.31. The van der Waals surface area contributed by atoms with Gasteiger partial charge in [0.1, 0.15) is 6.20 Å². The Hall–Kier alpha value is -2.29. The van der Waals surface area contributed by atoms with Crippen molar-refractivity contribution in [2.45, 2.75) is 19.8 Å². The highest BCUT2D eigenvalue weighted by Gasteiger charge is 2.29. The van der Waals surface area contributed by atoms with Gasteiger partial charge in [0, 0.05) is 11.1 Å². The maximum absolute atomic E-state index is 12.3. The Morgan fingerprint density at radius 3 is 2.81 bits per heavy atom. The zero-order valence-corrected chi connectivity index (χ0v) is 14.7. The summed E-state index contributed by atoms with van der Waals surface area (Å²) in [5.41, 5.74) is 0.904. The van der Waals surface area contributed by atoms with Gasteiger partial charge in [-0.3, -0.25) is 0 Å². The molecule has 26 heavy (non-hydrogen) atoms. The summed E-state index contributed by atoms with van der Waals surface area (Å²) in [6.07, 6.45) is 2.04. The van der Waals surface area contributed by atoms with Gasteiger partial charge in [0.05, 0.1) is 26.4 Å². The van der Waals surface area contributed by atoms with Crippen LogP contribution in [0.25, 0.3) is 0 Å². The molecule has 0 bridgehead atoms. The molecule has 2 aliphatic heterocycles. The summed E-state index contributed by atoms with van der Waals surface area (Å²) in [5, 5.41) is 0.483. The van der Waals surface area contributed by atoms with E-state index < -0.39 is 12.3 Å². The molecule has 0 atom stereocenters. The number of benzene rings is 1. The zero-order valence-electron chi connectivity index (χ0n) is 14.0. The third-order valence-corrected chi connectivity index (χ3v) is 4.35. The predicted molar refractivity (Wildman–Crippen MR) is 88.3 cm³/mol. The molecule has 0 saturated carbocycles. The van der Waals surface area contributed by atoms with Crippen molar-refractivity contribution in [1.29, 1.82) is 0 Å². The largest absolute Gasteiger partial charge is 0.461 e. The zero-order chi connectivity index (χ0) is 18.1. The van der Waals surface area contributed by atoms with Crippen LogP contribution in [0.4, 0.5) is 0 Å². The van der Waals surface area contributed by atoms with Crippen molar-refractivity contribution in [2.75, 3.05) is 26.6 Å². The number of rotatable bonds is 5. The van der Waals surface area contributed by atoms with Crippen molar-refractivity contribution >= 4 is 17.6 Å². The van der Waals surface area contributed by atoms with Crippen molar-refractivity contribution in [3.05, 3.63) is 40.4 Å². The highest BCUT2D eigenvalue weighted by atomic mass is 35.5. The predicted octanol–water partition coefficient (Wildman–Crippen LogP) is 2.34. The van der Waals surface area contributed by atoms with Crippen LogP contribution in [0.15, 0.2) is 12.1 Å². The summed E-state index contributed by atoms with van der Waals surface area (Å²) in [5.74, 6) is 1.09. The molecule has 137 valence electrons. The SMILES string of the molecule is CCOC(=O)c1[c]nc(C2OCCO2)n1Cc1cc2c(cc1Cl)OCO2. The van der Waals surface area contributed by atoms with Crippen molar-refractivity contribution in [2.24, 2.45) is 0 Å². The van der Waals surface area contributed by atoms with E-state index in [1.807, 2.05) is 0 Å². The van der Waals surface area contributed by atoms with Gasteiger partial charge in [-0.05, 0) is 18.6 Å². The molecule has 8 nitrogen and oxygen atoms in total. The Morgan fingerprint density at radius 2 is 2.08 bits per heavy atom. The minimum atomic E-state index is -0.665. The lowest BCUT2D eigenvalue weighted by Crippen LogP contribution is -2.17. The number of imidazole rings is 1. The average Bonchev–Trinajstić information content (AvgIpc) is 3.35. The van der Waals surface area contributed by atoms with E-state index in [0.29, 0.717) is 35.6 Å². The first kappa shape index (κ1) is 17.1. The summed E-state index contributed by atoms with van der Waals surface area (Å²) in [6, 6.07) is 3.46. The lowest BCUT2D eigenvalue weighted by molar-refractivity contribution is -0.0528. The van der Waals surface area contributed by atoms with Gasteiger partial charge in [0.15, 0.2) is 23.0 Å². The summed E-state index contributed by atoms with van der Waals surface area (Å²) in [6.45, 7) is 3.29. The molecular weight excluding hydrogens is 364 g/mol. The molecule has 1 saturated heterocycles. The number of halogens is 1. The Labute approximate surface area is 154 Å². The molecule has 1 radical (unpaired) electrons. The van der Waals surface area contributed by atoms with Crippen molar-refractivity contribution < 1.29 is 28.5 Å². The molecular formula is C17H16ClN2O6. The first-order valence-electron chi connectivity index (χ1n) is 8.13. The van der Waals surface area contributed by atoms with E-state index in [1.54, 1.807) is 23.6 Å². The second-order valence-electron chi connectivity index (χ2n) is 5.61. The monoisotopic (exact) mass is 379 g/mol. The van der Waals surface area contributed by atoms with E-state index in [0.717, 1.165) is 5.56 Å². The molecule has 0 amide bonds. The van der Waals surface area contributed by atoms with Gasteiger partial charge in [-0.1, -0.05) is 11.6 Å². The normalized spacial score (nSPS) is 16.2. The third kappa shape index (κ3) is 3.11. The fourth-order valence-corrected chi connectivity index (χ4v) is 3.01. The number of nitrogens with zero attached hydrogens (tertiary/aromatic N) is 2. The summed E-state index contributed by atoms with van der Waals surface area (Å²) in [7, 11) is 0. The summed E-state index contributed by atoms with van der Waals surface area (Å²) >= 11 is 6.37. The lowest BCUT2D eigenvalue weighted by Gasteiger charge is -2.15. The first-order valence-corrected chi connectivity index (χ1v) is 8.51. The topological polar surface area (TPSA) is 81.0 Å². The first-order chi connectivity index (χ1) is 12.7. The van der Waals surface area contributed by atoms with Crippen molar-refractivity contribution in [1.82, 2.24) is 9.55 Å². The fourth-order valence-electron chi connectivity index (χ4n) is 2.80. The van der Waals surface area contributed by atoms with Crippen molar-refractivity contribution in [3.63, 3.8) is 0 Å². The molecule has 0 unspecified atom stereocenters. The fraction of sp³-hybridized carbons (Fsp3) is 0.412. The second kappa shape index (κ2) is 7.14. The van der Waals surface area contributed by atoms with Crippen LogP contribution in [0.1, 0.15) is 35.1 Å². The summed E-state index contributed by atoms with van der Waals surface area (Å²) in [4.78, 5) is 16.5. The number of esters is 1. The maximum Gasteiger partial charge on any atom is 0.357 e. The maximum atomic E-state index is 12.3. The van der Waals surface area contributed by atoms with Gasteiger partial charge in [-0.15, -0.1) is 0 Å². The minimum Gasteiger partial charge on any atom is -0.461 e. The standard InChI is InChI=1S/C17H16ClN2O6/c1-2-22-16(21)12-7-19-15(17-23-3-4-24-17)20(12)8-10-5-13-14(6-11(10)18)26-9-25-13/h5-6,17H,2-4,8-9H2,1H3. The average molecular weight is 380 g/mol. The molecule has 0 aliphatic carbocycles. The Morgan fingerprint density at radius 1 is 1.35 bits per heavy atom. The molecule has 1 aromatic carbocycles. The molecule has 2 aromatic rings. The quantitative estimate of drug-likeness (QED) is 0.737. The third-order valence-electron chi connectivity index (χ3n) is 3.99. The van der Waals surface area contributed by atoms with Crippen LogP contribution in [-0.2, 0) is 20.8 Å². The van der Waals surface area contributed by atoms with E-state index in [1.165, 1.54) is 0 Å². The number of hydrogen-bond acceptors (Lipinski definition) is 7. The highest BCUT2D eigenvalue weighted by Crippen LogP contribution is 2.37. The van der Waals surface area contributed by atoms with Crippen LogP contribution in [0.5, 0.6) is 11.5 Å². The number of ether oxygens (including phenoxy) is 5. The second-order valence-corrected chi connectivity index (χ2v) is 6.01. The van der Waals surface area contributed by atoms with Crippen LogP contribution in [-0.4, -0.2) is 42.1 Å². The smallest absolute Gasteiger partial charge is 0.357 e. The van der Waals surface area contributed by atoms with Gasteiger partial charge in [-0.25, -0.2) is 9.78 Å². The molecule has 4 rings (SSSR count). The molecule has 9 heteroatoms. The van der Waals surface area contributed by atoms with Crippen LogP contribution in [0, 0.1) is 6.20 Å². The van der Waals surface area contributed by atoms with Crippen molar-refractivity contribution in [3.8, 4) is 11.5 Å². The van der Waals surface area contributed by atoms with Crippen LogP contribution in [0.3, 0.4) is 0 Å². The molecule has 0 N–H and O–H groups in total. The molecule has 1 aromatic heterocycles. The Balaban J connectivity index is 1.72. The molecule has 0 spiro atoms. The van der Waals surface area contributed by atoms with E-state index in [4.69, 9.17) is 35.3 Å². The number of aromatic nitrogens is 2. The van der Waals surface area contributed by atoms with Crippen LogP contribution >= 0.6 is 11.6 Å². The van der Waals surface area contributed by atoms with Gasteiger partial charge in [-0.2, -0.15) is 0 Å². The Bertz CT molecular complexity index is 831. The van der Waals surface area contributed by atoms with Crippen LogP contribution < -0.4 is 9.47 Å². The number of fused-ring (bicyclic) bond motifs is 1. The minimum absolute atomic E-state index is 0.150. The van der Waals surface area contributed by atoms with Gasteiger partial charge >= 0.3 is 5.97 Å². The number of hydrogen-bond donors (Lipinski definition) is 0. The summed E-state index contributed by atoms with van der Waals surface area (Å²) < 4.78 is 28.5. The molecule has 2 aliphatic rings. The van der Waals surface area contributed by atoms with E-state index >= 15 is 0 Å². The van der Waals surface area contributed by atoms with E-state index in [9.17, 15) is 4.79 Å². The van der Waals surface area contributed by atoms with E-state index in [2.05, 4.69) is 11.2 Å².